The quantitative estimate of drug-likeness (QED) is 0.755. The number of nitrogens with one attached hydrogen (secondary N) is 1. The number of carbonyl (C=O) groups is 2. The standard InChI is InChI=1S/C21H23ClN4O3/c1-21(2)10-15(5-8-29-21)24-20-23-11-17(22)18(25-20)13-3-4-14-12-26(6-7-27)19(28)16(14)9-13/h3-4,7,9,11,15H,5-6,8,10,12H2,1-2H3,(H,23,24,25). The van der Waals surface area contributed by atoms with Gasteiger partial charge in [0.05, 0.1) is 29.1 Å². The van der Waals surface area contributed by atoms with E-state index in [1.165, 1.54) is 4.90 Å². The molecule has 1 fully saturated rings. The largest absolute Gasteiger partial charge is 0.375 e. The Labute approximate surface area is 174 Å². The van der Waals surface area contributed by atoms with E-state index in [1.807, 2.05) is 12.1 Å². The molecule has 8 heteroatoms. The summed E-state index contributed by atoms with van der Waals surface area (Å²) in [5.74, 6) is 0.350. The van der Waals surface area contributed by atoms with Gasteiger partial charge in [-0.3, -0.25) is 4.79 Å². The van der Waals surface area contributed by atoms with Crippen LogP contribution in [0.1, 0.15) is 42.6 Å². The Morgan fingerprint density at radius 1 is 1.41 bits per heavy atom. The Balaban J connectivity index is 1.59. The van der Waals surface area contributed by atoms with Gasteiger partial charge in [0.2, 0.25) is 5.95 Å². The van der Waals surface area contributed by atoms with Gasteiger partial charge < -0.3 is 19.7 Å². The minimum absolute atomic E-state index is 0.0899. The second kappa shape index (κ2) is 7.72. The van der Waals surface area contributed by atoms with E-state index in [0.29, 0.717) is 35.4 Å². The zero-order valence-electron chi connectivity index (χ0n) is 16.4. The van der Waals surface area contributed by atoms with Gasteiger partial charge in [-0.25, -0.2) is 9.97 Å². The molecule has 1 N–H and O–H groups in total. The summed E-state index contributed by atoms with van der Waals surface area (Å²) < 4.78 is 5.76. The highest BCUT2D eigenvalue weighted by molar-refractivity contribution is 6.33. The Morgan fingerprint density at radius 3 is 3.00 bits per heavy atom. The third-order valence-electron chi connectivity index (χ3n) is 5.33. The Morgan fingerprint density at radius 2 is 2.24 bits per heavy atom. The normalized spacial score (nSPS) is 20.4. The van der Waals surface area contributed by atoms with Crippen LogP contribution in [0.5, 0.6) is 0 Å². The first kappa shape index (κ1) is 19.8. The lowest BCUT2D eigenvalue weighted by Gasteiger charge is -2.35. The van der Waals surface area contributed by atoms with Crippen molar-refractivity contribution in [3.63, 3.8) is 0 Å². The molecule has 3 heterocycles. The van der Waals surface area contributed by atoms with Gasteiger partial charge in [0.25, 0.3) is 5.91 Å². The molecule has 0 radical (unpaired) electrons. The first-order valence-electron chi connectivity index (χ1n) is 9.65. The maximum absolute atomic E-state index is 12.5. The monoisotopic (exact) mass is 414 g/mol. The Hall–Kier alpha value is -2.51. The third kappa shape index (κ3) is 4.11. The Bertz CT molecular complexity index is 963. The van der Waals surface area contributed by atoms with Crippen molar-refractivity contribution >= 4 is 29.7 Å². The van der Waals surface area contributed by atoms with Crippen LogP contribution in [0.4, 0.5) is 5.95 Å². The molecule has 7 nitrogen and oxygen atoms in total. The van der Waals surface area contributed by atoms with Gasteiger partial charge >= 0.3 is 0 Å². The number of benzene rings is 1. The van der Waals surface area contributed by atoms with E-state index in [1.54, 1.807) is 12.3 Å². The van der Waals surface area contributed by atoms with Crippen LogP contribution in [0, 0.1) is 0 Å². The van der Waals surface area contributed by atoms with Gasteiger partial charge in [0.15, 0.2) is 0 Å². The number of aldehydes is 1. The second-order valence-corrected chi connectivity index (χ2v) is 8.46. The number of hydrogen-bond donors (Lipinski definition) is 1. The number of nitrogens with zero attached hydrogens (tertiary/aromatic N) is 3. The summed E-state index contributed by atoms with van der Waals surface area (Å²) in [4.78, 5) is 33.8. The van der Waals surface area contributed by atoms with Crippen molar-refractivity contribution < 1.29 is 14.3 Å². The maximum atomic E-state index is 12.5. The number of anilines is 1. The highest BCUT2D eigenvalue weighted by Crippen LogP contribution is 2.32. The molecule has 1 amide bonds. The Kier molecular flexibility index (Phi) is 5.27. The molecular formula is C21H23ClN4O3. The van der Waals surface area contributed by atoms with Crippen molar-refractivity contribution in [2.24, 2.45) is 0 Å². The molecule has 29 heavy (non-hydrogen) atoms. The summed E-state index contributed by atoms with van der Waals surface area (Å²) in [7, 11) is 0. The van der Waals surface area contributed by atoms with Crippen molar-refractivity contribution in [1.29, 1.82) is 0 Å². The lowest BCUT2D eigenvalue weighted by Crippen LogP contribution is -2.40. The van der Waals surface area contributed by atoms with E-state index in [2.05, 4.69) is 29.1 Å². The van der Waals surface area contributed by atoms with Gasteiger partial charge in [0.1, 0.15) is 6.29 Å². The van der Waals surface area contributed by atoms with Crippen LogP contribution in [-0.2, 0) is 16.1 Å². The first-order chi connectivity index (χ1) is 13.9. The highest BCUT2D eigenvalue weighted by Gasteiger charge is 2.30. The molecule has 2 aliphatic heterocycles. The fourth-order valence-electron chi connectivity index (χ4n) is 3.92. The fourth-order valence-corrected chi connectivity index (χ4v) is 4.12. The molecule has 0 aliphatic carbocycles. The van der Waals surface area contributed by atoms with E-state index >= 15 is 0 Å². The van der Waals surface area contributed by atoms with Crippen molar-refractivity contribution in [2.75, 3.05) is 18.5 Å². The number of fused-ring (bicyclic) bond motifs is 1. The minimum Gasteiger partial charge on any atom is -0.375 e. The van der Waals surface area contributed by atoms with Crippen LogP contribution in [0.2, 0.25) is 5.02 Å². The SMILES string of the molecule is CC1(C)CC(Nc2ncc(Cl)c(-c3ccc4c(c3)C(=O)N(CC=O)C4)n2)CCO1. The molecule has 0 bridgehead atoms. The molecule has 0 saturated carbocycles. The van der Waals surface area contributed by atoms with E-state index in [-0.39, 0.29) is 24.1 Å². The topological polar surface area (TPSA) is 84.4 Å². The number of carbonyl (C=O) groups excluding carboxylic acids is 2. The highest BCUT2D eigenvalue weighted by atomic mass is 35.5. The van der Waals surface area contributed by atoms with Gasteiger partial charge in [0, 0.05) is 30.3 Å². The third-order valence-corrected chi connectivity index (χ3v) is 5.61. The maximum Gasteiger partial charge on any atom is 0.254 e. The molecule has 1 atom stereocenters. The van der Waals surface area contributed by atoms with E-state index < -0.39 is 0 Å². The number of aromatic nitrogens is 2. The van der Waals surface area contributed by atoms with Crippen LogP contribution in [0.3, 0.4) is 0 Å². The van der Waals surface area contributed by atoms with Gasteiger partial charge in [-0.1, -0.05) is 23.7 Å². The van der Waals surface area contributed by atoms with Gasteiger partial charge in [-0.05, 0) is 38.3 Å². The lowest BCUT2D eigenvalue weighted by atomic mass is 9.94. The molecule has 1 saturated heterocycles. The summed E-state index contributed by atoms with van der Waals surface area (Å²) in [6, 6.07) is 5.79. The van der Waals surface area contributed by atoms with Crippen LogP contribution in [0.15, 0.2) is 24.4 Å². The van der Waals surface area contributed by atoms with Crippen molar-refractivity contribution in [3.8, 4) is 11.3 Å². The summed E-state index contributed by atoms with van der Waals surface area (Å²) in [5.41, 5.74) is 2.61. The molecule has 2 aliphatic rings. The minimum atomic E-state index is -0.182. The smallest absolute Gasteiger partial charge is 0.254 e. The summed E-state index contributed by atoms with van der Waals surface area (Å²) >= 11 is 6.37. The summed E-state index contributed by atoms with van der Waals surface area (Å²) in [6.07, 6.45) is 4.05. The number of halogens is 1. The molecule has 1 aromatic heterocycles. The zero-order chi connectivity index (χ0) is 20.6. The lowest BCUT2D eigenvalue weighted by molar-refractivity contribution is -0.108. The molecular weight excluding hydrogens is 392 g/mol. The van der Waals surface area contributed by atoms with E-state index in [0.717, 1.165) is 30.3 Å². The van der Waals surface area contributed by atoms with Crippen LogP contribution in [-0.4, -0.2) is 51.9 Å². The number of hydrogen-bond acceptors (Lipinski definition) is 6. The van der Waals surface area contributed by atoms with E-state index in [9.17, 15) is 9.59 Å². The first-order valence-corrected chi connectivity index (χ1v) is 10.0. The van der Waals surface area contributed by atoms with Crippen LogP contribution < -0.4 is 5.32 Å². The summed E-state index contributed by atoms with van der Waals surface area (Å²) in [5, 5.41) is 3.80. The van der Waals surface area contributed by atoms with Crippen LogP contribution >= 0.6 is 11.6 Å². The fraction of sp³-hybridized carbons (Fsp3) is 0.429. The molecule has 4 rings (SSSR count). The van der Waals surface area contributed by atoms with Crippen LogP contribution in [0.25, 0.3) is 11.3 Å². The molecule has 2 aromatic rings. The molecule has 0 spiro atoms. The van der Waals surface area contributed by atoms with Crippen molar-refractivity contribution in [3.05, 3.63) is 40.5 Å². The number of amides is 1. The van der Waals surface area contributed by atoms with E-state index in [4.69, 9.17) is 16.3 Å². The van der Waals surface area contributed by atoms with Crippen molar-refractivity contribution in [1.82, 2.24) is 14.9 Å². The average Bonchev–Trinajstić information content (AvgIpc) is 2.98. The molecule has 1 unspecified atom stereocenters. The second-order valence-electron chi connectivity index (χ2n) is 8.06. The molecule has 152 valence electrons. The van der Waals surface area contributed by atoms with Gasteiger partial charge in [-0.15, -0.1) is 0 Å². The predicted molar refractivity (Wildman–Crippen MR) is 110 cm³/mol. The number of ether oxygens (including phenoxy) is 1. The average molecular weight is 415 g/mol. The number of rotatable bonds is 5. The predicted octanol–water partition coefficient (Wildman–Crippen LogP) is 3.32. The molecule has 1 aromatic carbocycles. The van der Waals surface area contributed by atoms with Crippen molar-refractivity contribution in [2.45, 2.75) is 44.9 Å². The zero-order valence-corrected chi connectivity index (χ0v) is 17.2. The van der Waals surface area contributed by atoms with Gasteiger partial charge in [-0.2, -0.15) is 0 Å². The summed E-state index contributed by atoms with van der Waals surface area (Å²) in [6.45, 7) is 5.37.